The maximum atomic E-state index is 3.59. The lowest BCUT2D eigenvalue weighted by Crippen LogP contribution is -2.44. The SMILES string of the molecule is CCNC1CCC(N(C)C(C)CCSC)CC1. The fraction of sp³-hybridized carbons (Fsp3) is 1.00. The Bertz CT molecular complexity index is 191. The average Bonchev–Trinajstić information content (AvgIpc) is 2.36. The summed E-state index contributed by atoms with van der Waals surface area (Å²) in [6, 6.07) is 2.34. The molecule has 0 aromatic carbocycles. The van der Waals surface area contributed by atoms with Gasteiger partial charge in [0, 0.05) is 18.1 Å². The van der Waals surface area contributed by atoms with Crippen LogP contribution in [0.3, 0.4) is 0 Å². The summed E-state index contributed by atoms with van der Waals surface area (Å²) in [7, 11) is 2.32. The second kappa shape index (κ2) is 8.39. The minimum Gasteiger partial charge on any atom is -0.314 e. The molecule has 1 N–H and O–H groups in total. The van der Waals surface area contributed by atoms with Gasteiger partial charge in [0.15, 0.2) is 0 Å². The normalized spacial score (nSPS) is 27.4. The smallest absolute Gasteiger partial charge is 0.00961 e. The monoisotopic (exact) mass is 258 g/mol. The second-order valence-corrected chi connectivity index (χ2v) is 6.34. The van der Waals surface area contributed by atoms with Crippen LogP contribution in [0.1, 0.15) is 46.0 Å². The van der Waals surface area contributed by atoms with Crippen molar-refractivity contribution in [3.05, 3.63) is 0 Å². The Morgan fingerprint density at radius 3 is 2.47 bits per heavy atom. The highest BCUT2D eigenvalue weighted by atomic mass is 32.2. The molecular weight excluding hydrogens is 228 g/mol. The first-order valence-corrected chi connectivity index (χ1v) is 8.52. The van der Waals surface area contributed by atoms with Crippen molar-refractivity contribution < 1.29 is 0 Å². The van der Waals surface area contributed by atoms with Crippen LogP contribution in [0.4, 0.5) is 0 Å². The van der Waals surface area contributed by atoms with Crippen molar-refractivity contribution in [2.75, 3.05) is 25.6 Å². The molecule has 3 heteroatoms. The van der Waals surface area contributed by atoms with Crippen LogP contribution in [-0.2, 0) is 0 Å². The molecule has 0 spiro atoms. The van der Waals surface area contributed by atoms with Crippen LogP contribution >= 0.6 is 11.8 Å². The standard InChI is InChI=1S/C14H30N2S/c1-5-15-13-6-8-14(9-7-13)16(3)12(2)10-11-17-4/h12-15H,5-11H2,1-4H3. The highest BCUT2D eigenvalue weighted by Crippen LogP contribution is 2.24. The van der Waals surface area contributed by atoms with E-state index in [1.54, 1.807) is 0 Å². The summed E-state index contributed by atoms with van der Waals surface area (Å²) in [4.78, 5) is 2.62. The number of nitrogens with zero attached hydrogens (tertiary/aromatic N) is 1. The van der Waals surface area contributed by atoms with Crippen LogP contribution in [-0.4, -0.2) is 48.6 Å². The van der Waals surface area contributed by atoms with E-state index >= 15 is 0 Å². The summed E-state index contributed by atoms with van der Waals surface area (Å²) in [6.07, 6.45) is 8.99. The second-order valence-electron chi connectivity index (χ2n) is 5.36. The van der Waals surface area contributed by atoms with E-state index in [1.165, 1.54) is 37.9 Å². The Kier molecular flexibility index (Phi) is 7.56. The van der Waals surface area contributed by atoms with Gasteiger partial charge in [-0.1, -0.05) is 6.92 Å². The molecule has 102 valence electrons. The van der Waals surface area contributed by atoms with Crippen LogP contribution in [0.25, 0.3) is 0 Å². The highest BCUT2D eigenvalue weighted by molar-refractivity contribution is 7.98. The quantitative estimate of drug-likeness (QED) is 0.756. The van der Waals surface area contributed by atoms with Gasteiger partial charge in [-0.2, -0.15) is 11.8 Å². The molecule has 1 fully saturated rings. The van der Waals surface area contributed by atoms with E-state index in [0.717, 1.165) is 24.7 Å². The number of nitrogens with one attached hydrogen (secondary N) is 1. The van der Waals surface area contributed by atoms with E-state index < -0.39 is 0 Å². The molecular formula is C14H30N2S. The first-order valence-electron chi connectivity index (χ1n) is 7.13. The van der Waals surface area contributed by atoms with Gasteiger partial charge in [-0.3, -0.25) is 0 Å². The zero-order valence-corrected chi connectivity index (χ0v) is 12.9. The average molecular weight is 258 g/mol. The van der Waals surface area contributed by atoms with Crippen molar-refractivity contribution in [3.63, 3.8) is 0 Å². The van der Waals surface area contributed by atoms with Gasteiger partial charge < -0.3 is 10.2 Å². The number of hydrogen-bond acceptors (Lipinski definition) is 3. The molecule has 1 unspecified atom stereocenters. The van der Waals surface area contributed by atoms with Crippen LogP contribution in [0.15, 0.2) is 0 Å². The van der Waals surface area contributed by atoms with E-state index in [0.29, 0.717) is 0 Å². The molecule has 0 amide bonds. The topological polar surface area (TPSA) is 15.3 Å². The molecule has 0 aromatic rings. The third-order valence-corrected chi connectivity index (χ3v) is 4.84. The first kappa shape index (κ1) is 15.3. The van der Waals surface area contributed by atoms with Crippen LogP contribution in [0.2, 0.25) is 0 Å². The van der Waals surface area contributed by atoms with Crippen LogP contribution in [0.5, 0.6) is 0 Å². The Labute approximate surface area is 112 Å². The van der Waals surface area contributed by atoms with E-state index in [4.69, 9.17) is 0 Å². The fourth-order valence-corrected chi connectivity index (χ4v) is 3.40. The zero-order valence-electron chi connectivity index (χ0n) is 12.0. The van der Waals surface area contributed by atoms with E-state index in [9.17, 15) is 0 Å². The van der Waals surface area contributed by atoms with Crippen molar-refractivity contribution in [2.24, 2.45) is 0 Å². The summed E-state index contributed by atoms with van der Waals surface area (Å²) in [5.41, 5.74) is 0. The number of hydrogen-bond donors (Lipinski definition) is 1. The van der Waals surface area contributed by atoms with Crippen molar-refractivity contribution in [1.29, 1.82) is 0 Å². The van der Waals surface area contributed by atoms with E-state index in [-0.39, 0.29) is 0 Å². The summed E-state index contributed by atoms with van der Waals surface area (Å²) < 4.78 is 0. The number of thioether (sulfide) groups is 1. The molecule has 2 nitrogen and oxygen atoms in total. The van der Waals surface area contributed by atoms with Gasteiger partial charge >= 0.3 is 0 Å². The predicted octanol–water partition coefficient (Wildman–Crippen LogP) is 2.98. The lowest BCUT2D eigenvalue weighted by atomic mass is 9.89. The molecule has 1 aliphatic rings. The van der Waals surface area contributed by atoms with Gasteiger partial charge in [0.1, 0.15) is 0 Å². The zero-order chi connectivity index (χ0) is 12.7. The molecule has 17 heavy (non-hydrogen) atoms. The van der Waals surface area contributed by atoms with Gasteiger partial charge in [0.05, 0.1) is 0 Å². The third kappa shape index (κ3) is 5.19. The molecule has 0 aliphatic heterocycles. The summed E-state index contributed by atoms with van der Waals surface area (Å²) in [5.74, 6) is 1.29. The maximum Gasteiger partial charge on any atom is 0.00961 e. The maximum absolute atomic E-state index is 3.59. The van der Waals surface area contributed by atoms with Crippen LogP contribution < -0.4 is 5.32 Å². The lowest BCUT2D eigenvalue weighted by molar-refractivity contribution is 0.133. The van der Waals surface area contributed by atoms with Gasteiger partial charge in [0.25, 0.3) is 0 Å². The molecule has 0 saturated heterocycles. The summed E-state index contributed by atoms with van der Waals surface area (Å²) >= 11 is 1.96. The van der Waals surface area contributed by atoms with Crippen molar-refractivity contribution in [3.8, 4) is 0 Å². The van der Waals surface area contributed by atoms with Gasteiger partial charge in [-0.15, -0.1) is 0 Å². The minimum atomic E-state index is 0.739. The molecule has 0 aromatic heterocycles. The molecule has 0 radical (unpaired) electrons. The molecule has 1 saturated carbocycles. The molecule has 0 heterocycles. The predicted molar refractivity (Wildman–Crippen MR) is 79.9 cm³/mol. The molecule has 1 rings (SSSR count). The van der Waals surface area contributed by atoms with Crippen LogP contribution in [0, 0.1) is 0 Å². The highest BCUT2D eigenvalue weighted by Gasteiger charge is 2.25. The van der Waals surface area contributed by atoms with Gasteiger partial charge in [-0.25, -0.2) is 0 Å². The van der Waals surface area contributed by atoms with Crippen molar-refractivity contribution >= 4 is 11.8 Å². The summed E-state index contributed by atoms with van der Waals surface area (Å²) in [6.45, 7) is 5.71. The van der Waals surface area contributed by atoms with Gasteiger partial charge in [-0.05, 0) is 64.6 Å². The molecule has 0 bridgehead atoms. The van der Waals surface area contributed by atoms with E-state index in [2.05, 4.69) is 37.4 Å². The number of rotatable bonds is 7. The lowest BCUT2D eigenvalue weighted by Gasteiger charge is -2.38. The van der Waals surface area contributed by atoms with Gasteiger partial charge in [0.2, 0.25) is 0 Å². The Hall–Kier alpha value is 0.270. The van der Waals surface area contributed by atoms with E-state index in [1.807, 2.05) is 11.8 Å². The Morgan fingerprint density at radius 1 is 1.29 bits per heavy atom. The molecule has 1 atom stereocenters. The Morgan fingerprint density at radius 2 is 1.94 bits per heavy atom. The first-order chi connectivity index (χ1) is 8.19. The van der Waals surface area contributed by atoms with Crippen molar-refractivity contribution in [1.82, 2.24) is 10.2 Å². The Balaban J connectivity index is 2.27. The third-order valence-electron chi connectivity index (χ3n) is 4.20. The van der Waals surface area contributed by atoms with Crippen molar-refractivity contribution in [2.45, 2.75) is 64.1 Å². The largest absolute Gasteiger partial charge is 0.314 e. The summed E-state index contributed by atoms with van der Waals surface area (Å²) in [5, 5.41) is 3.59. The molecule has 1 aliphatic carbocycles. The minimum absolute atomic E-state index is 0.739. The fourth-order valence-electron chi connectivity index (χ4n) is 2.83.